The van der Waals surface area contributed by atoms with Crippen molar-refractivity contribution >= 4 is 17.5 Å². The van der Waals surface area contributed by atoms with E-state index in [4.69, 9.17) is 4.74 Å². The minimum Gasteiger partial charge on any atom is -0.497 e. The van der Waals surface area contributed by atoms with E-state index in [-0.39, 0.29) is 38.7 Å². The molecule has 0 aliphatic carbocycles. The second-order valence-corrected chi connectivity index (χ2v) is 6.83. The number of carbonyl (C=O) groups excluding carboxylic acids is 1. The number of carbonyl (C=O) groups is 1. The van der Waals surface area contributed by atoms with Gasteiger partial charge in [0, 0.05) is 56.9 Å². The van der Waals surface area contributed by atoms with Crippen molar-refractivity contribution in [2.75, 3.05) is 17.7 Å². The number of anilines is 2. The van der Waals surface area contributed by atoms with Crippen LogP contribution in [0.4, 0.5) is 16.3 Å². The molecule has 0 aliphatic rings. The molecule has 4 rings (SSSR count). The molecule has 8 heteroatoms. The first-order valence-electron chi connectivity index (χ1n) is 13.1. The normalized spacial score (nSPS) is 8.64. The second kappa shape index (κ2) is 24.0. The van der Waals surface area contributed by atoms with Crippen LogP contribution in [-0.2, 0) is 39.1 Å². The monoisotopic (exact) mass is 607 g/mol. The summed E-state index contributed by atoms with van der Waals surface area (Å²) < 4.78 is 6.81. The summed E-state index contributed by atoms with van der Waals surface area (Å²) in [5.74, 6) is 1.33. The molecule has 0 unspecified atom stereocenters. The van der Waals surface area contributed by atoms with E-state index in [1.807, 2.05) is 97.0 Å². The van der Waals surface area contributed by atoms with E-state index in [1.165, 1.54) is 0 Å². The van der Waals surface area contributed by atoms with Crippen molar-refractivity contribution in [2.45, 2.75) is 54.9 Å². The number of nitrogens with one attached hydrogen (secondary N) is 2. The number of hydrogen-bond donors (Lipinski definition) is 2. The summed E-state index contributed by atoms with van der Waals surface area (Å²) in [7, 11) is 1.60. The molecular weight excluding hydrogens is 563 g/mol. The Morgan fingerprint density at radius 1 is 0.872 bits per heavy atom. The van der Waals surface area contributed by atoms with E-state index in [2.05, 4.69) is 27.6 Å². The van der Waals surface area contributed by atoms with Gasteiger partial charge >= 0.3 is 6.03 Å². The van der Waals surface area contributed by atoms with E-state index in [9.17, 15) is 4.79 Å². The minimum absolute atomic E-state index is 0. The Morgan fingerprint density at radius 2 is 1.44 bits per heavy atom. The molecule has 209 valence electrons. The first-order valence-corrected chi connectivity index (χ1v) is 13.1. The van der Waals surface area contributed by atoms with Gasteiger partial charge in [0.25, 0.3) is 0 Å². The van der Waals surface area contributed by atoms with Gasteiger partial charge in [-0.1, -0.05) is 65.3 Å². The molecule has 2 aromatic carbocycles. The Hall–Kier alpha value is -3.03. The zero-order valence-electron chi connectivity index (χ0n) is 24.7. The summed E-state index contributed by atoms with van der Waals surface area (Å²) in [6.45, 7) is 17.8. The number of hydrogen-bond acceptors (Lipinski definition) is 4. The van der Waals surface area contributed by atoms with Gasteiger partial charge in [-0.2, -0.15) is 11.5 Å². The van der Waals surface area contributed by atoms with Crippen LogP contribution in [0.25, 0.3) is 5.69 Å². The molecule has 4 aromatic rings. The van der Waals surface area contributed by atoms with Crippen LogP contribution in [0.2, 0.25) is 0 Å². The number of nitrogens with zero attached hydrogens (tertiary/aromatic N) is 3. The maximum absolute atomic E-state index is 12.3. The number of amides is 2. The second-order valence-electron chi connectivity index (χ2n) is 6.83. The van der Waals surface area contributed by atoms with Gasteiger partial charge in [0.15, 0.2) is 0 Å². The fraction of sp³-hybridized carbons (Fsp3) is 0.290. The van der Waals surface area contributed by atoms with Crippen molar-refractivity contribution in [3.8, 4) is 11.4 Å². The maximum atomic E-state index is 12.3. The smallest absolute Gasteiger partial charge is 0.324 e. The molecule has 2 N–H and O–H groups in total. The molecule has 0 spiro atoms. The van der Waals surface area contributed by atoms with Crippen molar-refractivity contribution in [1.29, 1.82) is 0 Å². The molecule has 0 saturated heterocycles. The molecule has 7 nitrogen and oxygen atoms in total. The Kier molecular flexibility index (Phi) is 23.5. The third kappa shape index (κ3) is 14.6. The van der Waals surface area contributed by atoms with Crippen molar-refractivity contribution in [3.05, 3.63) is 103 Å². The number of methoxy groups -OCH3 is 1. The van der Waals surface area contributed by atoms with E-state index >= 15 is 0 Å². The SMILES string of the molecule is CC.CC.CC.[CH2-]Cc1ccc(-n2nc(C)cc2NC(=O)Nc2ccc(OC)cc2)cc1.[Y].c1ccncc1. The largest absolute Gasteiger partial charge is 0.497 e. The van der Waals surface area contributed by atoms with Crippen LogP contribution in [0.15, 0.2) is 85.2 Å². The molecular formula is C31H44N5O2Y-. The zero-order valence-corrected chi connectivity index (χ0v) is 27.6. The maximum Gasteiger partial charge on any atom is 0.324 e. The summed E-state index contributed by atoms with van der Waals surface area (Å²) in [6.07, 6.45) is 4.23. The van der Waals surface area contributed by atoms with Crippen LogP contribution in [0.5, 0.6) is 5.75 Å². The van der Waals surface area contributed by atoms with Crippen LogP contribution in [0.3, 0.4) is 0 Å². The average molecular weight is 608 g/mol. The standard InChI is InChI=1S/C20H21N4O2.C5H5N.3C2H6.Y/c1-4-15-5-9-17(10-6-15)24-19(13-14(2)23-24)22-20(25)21-16-7-11-18(26-3)12-8-16;1-2-4-6-5-3-1;3*1-2;/h5-13H,1,4H2,2-3H3,(H2,21,22,25);1-5H;3*1-2H3;/q-1;;;;;. The molecule has 0 saturated carbocycles. The number of urea groups is 1. The first kappa shape index (κ1) is 38.1. The predicted octanol–water partition coefficient (Wildman–Crippen LogP) is 8.37. The number of ether oxygens (including phenoxy) is 1. The number of aromatic nitrogens is 3. The molecule has 0 fully saturated rings. The van der Waals surface area contributed by atoms with Crippen molar-refractivity contribution in [2.24, 2.45) is 0 Å². The summed E-state index contributed by atoms with van der Waals surface area (Å²) >= 11 is 0. The fourth-order valence-electron chi connectivity index (χ4n) is 2.85. The van der Waals surface area contributed by atoms with E-state index < -0.39 is 0 Å². The number of benzene rings is 2. The summed E-state index contributed by atoms with van der Waals surface area (Å²) in [4.78, 5) is 16.1. The van der Waals surface area contributed by atoms with Gasteiger partial charge in [-0.3, -0.25) is 10.3 Å². The quantitative estimate of drug-likeness (QED) is 0.224. The van der Waals surface area contributed by atoms with E-state index in [0.717, 1.165) is 29.1 Å². The third-order valence-electron chi connectivity index (χ3n) is 4.46. The van der Waals surface area contributed by atoms with E-state index in [1.54, 1.807) is 48.5 Å². The molecule has 0 aliphatic heterocycles. The van der Waals surface area contributed by atoms with Gasteiger partial charge in [0.1, 0.15) is 11.6 Å². The van der Waals surface area contributed by atoms with Crippen LogP contribution in [-0.4, -0.2) is 27.9 Å². The van der Waals surface area contributed by atoms with Gasteiger partial charge in [-0.25, -0.2) is 9.48 Å². The molecule has 0 atom stereocenters. The summed E-state index contributed by atoms with van der Waals surface area (Å²) in [5.41, 5.74) is 3.50. The third-order valence-corrected chi connectivity index (χ3v) is 4.46. The Bertz CT molecular complexity index is 1090. The van der Waals surface area contributed by atoms with Gasteiger partial charge in [-0.15, -0.1) is 0 Å². The van der Waals surface area contributed by atoms with Crippen molar-refractivity contribution in [1.82, 2.24) is 14.8 Å². The van der Waals surface area contributed by atoms with Crippen LogP contribution in [0, 0.1) is 13.8 Å². The van der Waals surface area contributed by atoms with Crippen LogP contribution < -0.4 is 15.4 Å². The minimum atomic E-state index is -0.342. The number of pyridine rings is 1. The first-order chi connectivity index (χ1) is 18.6. The Labute approximate surface area is 260 Å². The predicted molar refractivity (Wildman–Crippen MR) is 161 cm³/mol. The van der Waals surface area contributed by atoms with Crippen molar-refractivity contribution in [3.63, 3.8) is 0 Å². The molecule has 0 bridgehead atoms. The van der Waals surface area contributed by atoms with Crippen LogP contribution in [0.1, 0.15) is 52.8 Å². The topological polar surface area (TPSA) is 81.1 Å². The molecule has 2 heterocycles. The zero-order chi connectivity index (χ0) is 28.8. The molecule has 39 heavy (non-hydrogen) atoms. The molecule has 2 aromatic heterocycles. The fourth-order valence-corrected chi connectivity index (χ4v) is 2.85. The average Bonchev–Trinajstić information content (AvgIpc) is 3.37. The number of aryl methyl sites for hydroxylation is 1. The Morgan fingerprint density at radius 3 is 1.87 bits per heavy atom. The van der Waals surface area contributed by atoms with Gasteiger partial charge in [0.05, 0.1) is 18.5 Å². The summed E-state index contributed by atoms with van der Waals surface area (Å²) in [6, 6.07) is 22.2. The van der Waals surface area contributed by atoms with Crippen molar-refractivity contribution < 1.29 is 42.2 Å². The van der Waals surface area contributed by atoms with E-state index in [0.29, 0.717) is 11.5 Å². The summed E-state index contributed by atoms with van der Waals surface area (Å²) in [5, 5.41) is 10.1. The van der Waals surface area contributed by atoms with Crippen LogP contribution >= 0.6 is 0 Å². The Balaban J connectivity index is 0. The molecule has 1 radical (unpaired) electrons. The number of rotatable bonds is 5. The molecule has 2 amide bonds. The van der Waals surface area contributed by atoms with Gasteiger partial charge < -0.3 is 17.0 Å². The van der Waals surface area contributed by atoms with Gasteiger partial charge in [-0.05, 0) is 55.5 Å². The van der Waals surface area contributed by atoms with Gasteiger partial charge in [0.2, 0.25) is 0 Å².